The Bertz CT molecular complexity index is 497. The highest BCUT2D eigenvalue weighted by atomic mass is 19.1. The Kier molecular flexibility index (Phi) is 1.71. The fourth-order valence-electron chi connectivity index (χ4n) is 1.29. The standard InChI is InChI=1S/C11H6FN/c12-11-4-3-9-2-1-8(7-13)5-10(9)6-11/h1-6H. The molecule has 62 valence electrons. The van der Waals surface area contributed by atoms with Crippen LogP contribution in [-0.4, -0.2) is 0 Å². The number of hydrogen-bond donors (Lipinski definition) is 0. The van der Waals surface area contributed by atoms with Crippen molar-refractivity contribution in [1.82, 2.24) is 0 Å². The van der Waals surface area contributed by atoms with Crippen molar-refractivity contribution in [2.45, 2.75) is 0 Å². The minimum Gasteiger partial charge on any atom is -0.207 e. The maximum absolute atomic E-state index is 12.8. The van der Waals surface area contributed by atoms with Crippen molar-refractivity contribution in [1.29, 1.82) is 5.26 Å². The van der Waals surface area contributed by atoms with Gasteiger partial charge in [0, 0.05) is 0 Å². The molecule has 0 saturated heterocycles. The van der Waals surface area contributed by atoms with Crippen LogP contribution >= 0.6 is 0 Å². The van der Waals surface area contributed by atoms with Gasteiger partial charge in [0.2, 0.25) is 0 Å². The van der Waals surface area contributed by atoms with Gasteiger partial charge in [-0.3, -0.25) is 0 Å². The molecule has 1 nitrogen and oxygen atoms in total. The molecule has 0 aromatic heterocycles. The first-order chi connectivity index (χ1) is 6.29. The quantitative estimate of drug-likeness (QED) is 0.597. The van der Waals surface area contributed by atoms with Crippen LogP contribution in [0.4, 0.5) is 4.39 Å². The summed E-state index contributed by atoms with van der Waals surface area (Å²) in [5.74, 6) is -0.275. The van der Waals surface area contributed by atoms with Crippen molar-refractivity contribution in [3.8, 4) is 6.07 Å². The van der Waals surface area contributed by atoms with E-state index < -0.39 is 0 Å². The maximum atomic E-state index is 12.8. The minimum atomic E-state index is -0.275. The van der Waals surface area contributed by atoms with Crippen LogP contribution in [0.2, 0.25) is 0 Å². The summed E-state index contributed by atoms with van der Waals surface area (Å²) in [6.45, 7) is 0. The first-order valence-corrected chi connectivity index (χ1v) is 3.89. The topological polar surface area (TPSA) is 23.8 Å². The zero-order valence-corrected chi connectivity index (χ0v) is 6.79. The molecule has 2 heteroatoms. The van der Waals surface area contributed by atoms with Crippen molar-refractivity contribution in [3.05, 3.63) is 47.8 Å². The van der Waals surface area contributed by atoms with Crippen LogP contribution in [0.15, 0.2) is 36.4 Å². The Morgan fingerprint density at radius 2 is 1.77 bits per heavy atom. The summed E-state index contributed by atoms with van der Waals surface area (Å²) in [5, 5.41) is 10.3. The van der Waals surface area contributed by atoms with E-state index >= 15 is 0 Å². The number of benzene rings is 2. The predicted molar refractivity (Wildman–Crippen MR) is 48.6 cm³/mol. The molecule has 0 unspecified atom stereocenters. The molecule has 2 aromatic rings. The summed E-state index contributed by atoms with van der Waals surface area (Å²) in [4.78, 5) is 0. The molecule has 0 amide bonds. The van der Waals surface area contributed by atoms with E-state index in [-0.39, 0.29) is 5.82 Å². The van der Waals surface area contributed by atoms with Crippen LogP contribution in [0.25, 0.3) is 10.8 Å². The van der Waals surface area contributed by atoms with Crippen LogP contribution in [0.3, 0.4) is 0 Å². The van der Waals surface area contributed by atoms with Gasteiger partial charge in [-0.2, -0.15) is 5.26 Å². The van der Waals surface area contributed by atoms with E-state index in [2.05, 4.69) is 0 Å². The molecule has 0 N–H and O–H groups in total. The highest BCUT2D eigenvalue weighted by molar-refractivity contribution is 5.83. The van der Waals surface area contributed by atoms with Crippen LogP contribution in [0.5, 0.6) is 0 Å². The lowest BCUT2D eigenvalue weighted by Crippen LogP contribution is -1.78. The lowest BCUT2D eigenvalue weighted by molar-refractivity contribution is 0.630. The zero-order chi connectivity index (χ0) is 9.26. The molecular formula is C11H6FN. The van der Waals surface area contributed by atoms with Crippen molar-refractivity contribution < 1.29 is 4.39 Å². The van der Waals surface area contributed by atoms with E-state index in [4.69, 9.17) is 5.26 Å². The lowest BCUT2D eigenvalue weighted by atomic mass is 10.1. The number of hydrogen-bond acceptors (Lipinski definition) is 1. The second kappa shape index (κ2) is 2.87. The van der Waals surface area contributed by atoms with Gasteiger partial charge < -0.3 is 0 Å². The maximum Gasteiger partial charge on any atom is 0.123 e. The molecule has 0 fully saturated rings. The van der Waals surface area contributed by atoms with E-state index in [1.165, 1.54) is 12.1 Å². The van der Waals surface area contributed by atoms with E-state index in [1.54, 1.807) is 18.2 Å². The number of rotatable bonds is 0. The Labute approximate surface area is 75.0 Å². The number of halogens is 1. The van der Waals surface area contributed by atoms with Gasteiger partial charge in [-0.15, -0.1) is 0 Å². The smallest absolute Gasteiger partial charge is 0.123 e. The molecule has 2 rings (SSSR count). The third kappa shape index (κ3) is 1.36. The molecule has 0 aliphatic rings. The molecule has 0 saturated carbocycles. The van der Waals surface area contributed by atoms with Gasteiger partial charge in [0.25, 0.3) is 0 Å². The highest BCUT2D eigenvalue weighted by Gasteiger charge is 1.96. The second-order valence-corrected chi connectivity index (χ2v) is 2.82. The molecule has 0 aliphatic carbocycles. The third-order valence-corrected chi connectivity index (χ3v) is 1.93. The third-order valence-electron chi connectivity index (χ3n) is 1.93. The monoisotopic (exact) mass is 171 g/mol. The zero-order valence-electron chi connectivity index (χ0n) is 6.79. The fourth-order valence-corrected chi connectivity index (χ4v) is 1.29. The summed E-state index contributed by atoms with van der Waals surface area (Å²) in [7, 11) is 0. The number of nitriles is 1. The van der Waals surface area contributed by atoms with Crippen LogP contribution in [-0.2, 0) is 0 Å². The molecular weight excluding hydrogens is 165 g/mol. The van der Waals surface area contributed by atoms with E-state index in [0.29, 0.717) is 5.56 Å². The number of fused-ring (bicyclic) bond motifs is 1. The Morgan fingerprint density at radius 3 is 2.54 bits per heavy atom. The average molecular weight is 171 g/mol. The average Bonchev–Trinajstić information content (AvgIpc) is 2.16. The second-order valence-electron chi connectivity index (χ2n) is 2.82. The summed E-state index contributed by atoms with van der Waals surface area (Å²) in [5.41, 5.74) is 0.554. The molecule has 0 bridgehead atoms. The van der Waals surface area contributed by atoms with Crippen LogP contribution < -0.4 is 0 Å². The van der Waals surface area contributed by atoms with Crippen LogP contribution in [0, 0.1) is 17.1 Å². The summed E-state index contributed by atoms with van der Waals surface area (Å²) < 4.78 is 12.8. The fraction of sp³-hybridized carbons (Fsp3) is 0. The van der Waals surface area contributed by atoms with Gasteiger partial charge in [-0.25, -0.2) is 4.39 Å². The minimum absolute atomic E-state index is 0.275. The van der Waals surface area contributed by atoms with E-state index in [0.717, 1.165) is 10.8 Å². The van der Waals surface area contributed by atoms with Crippen molar-refractivity contribution >= 4 is 10.8 Å². The van der Waals surface area contributed by atoms with Crippen molar-refractivity contribution in [3.63, 3.8) is 0 Å². The molecule has 0 heterocycles. The molecule has 13 heavy (non-hydrogen) atoms. The molecule has 0 aliphatic heterocycles. The number of nitrogens with zero attached hydrogens (tertiary/aromatic N) is 1. The van der Waals surface area contributed by atoms with Crippen molar-refractivity contribution in [2.75, 3.05) is 0 Å². The van der Waals surface area contributed by atoms with E-state index in [1.807, 2.05) is 12.1 Å². The lowest BCUT2D eigenvalue weighted by Gasteiger charge is -1.97. The van der Waals surface area contributed by atoms with Gasteiger partial charge in [0.1, 0.15) is 5.82 Å². The van der Waals surface area contributed by atoms with Gasteiger partial charge in [0.05, 0.1) is 11.6 Å². The van der Waals surface area contributed by atoms with Crippen molar-refractivity contribution in [2.24, 2.45) is 0 Å². The predicted octanol–water partition coefficient (Wildman–Crippen LogP) is 2.85. The largest absolute Gasteiger partial charge is 0.207 e. The summed E-state index contributed by atoms with van der Waals surface area (Å²) >= 11 is 0. The molecule has 0 radical (unpaired) electrons. The first kappa shape index (κ1) is 7.75. The van der Waals surface area contributed by atoms with Gasteiger partial charge in [-0.1, -0.05) is 12.1 Å². The normalized spacial score (nSPS) is 9.85. The van der Waals surface area contributed by atoms with Crippen LogP contribution in [0.1, 0.15) is 5.56 Å². The SMILES string of the molecule is N#Cc1ccc2ccc(F)cc2c1. The molecule has 0 atom stereocenters. The van der Waals surface area contributed by atoms with E-state index in [9.17, 15) is 4.39 Å². The molecule has 0 spiro atoms. The highest BCUT2D eigenvalue weighted by Crippen LogP contribution is 2.16. The van der Waals surface area contributed by atoms with Gasteiger partial charge in [0.15, 0.2) is 0 Å². The van der Waals surface area contributed by atoms with Gasteiger partial charge in [-0.05, 0) is 35.0 Å². The summed E-state index contributed by atoms with van der Waals surface area (Å²) in [6.07, 6.45) is 0. The molecule has 2 aromatic carbocycles. The Morgan fingerprint density at radius 1 is 1.00 bits per heavy atom. The summed E-state index contributed by atoms with van der Waals surface area (Å²) in [6, 6.07) is 11.8. The van der Waals surface area contributed by atoms with Gasteiger partial charge >= 0.3 is 0 Å². The first-order valence-electron chi connectivity index (χ1n) is 3.89. The Balaban J connectivity index is 2.77. The Hall–Kier alpha value is -1.88.